The van der Waals surface area contributed by atoms with E-state index >= 15 is 0 Å². The first-order valence-electron chi connectivity index (χ1n) is 7.51. The lowest BCUT2D eigenvalue weighted by Gasteiger charge is -2.41. The van der Waals surface area contributed by atoms with Gasteiger partial charge in [0.1, 0.15) is 0 Å². The molecule has 2 aliphatic rings. The molecule has 0 bridgehead atoms. The van der Waals surface area contributed by atoms with Gasteiger partial charge >= 0.3 is 0 Å². The summed E-state index contributed by atoms with van der Waals surface area (Å²) in [7, 11) is 0. The standard InChI is InChI=1S/C17H22N2O/c1-3-17(20)18-13-8-7-11(2)15(10-13)19-16-9-12-5-4-6-14(12)16/h4,6-8,10,12,14,16,19H,3,5,9H2,1-2H3,(H,18,20). The van der Waals surface area contributed by atoms with Crippen LogP contribution in [0.25, 0.3) is 0 Å². The molecule has 1 aromatic rings. The Bertz CT molecular complexity index is 550. The zero-order valence-corrected chi connectivity index (χ0v) is 12.1. The van der Waals surface area contributed by atoms with Crippen LogP contribution < -0.4 is 10.6 Å². The third-order valence-electron chi connectivity index (χ3n) is 4.55. The lowest BCUT2D eigenvalue weighted by Crippen LogP contribution is -2.43. The second-order valence-electron chi connectivity index (χ2n) is 5.92. The van der Waals surface area contributed by atoms with Crippen LogP contribution in [0, 0.1) is 18.8 Å². The highest BCUT2D eigenvalue weighted by Crippen LogP contribution is 2.44. The number of benzene rings is 1. The normalized spacial score (nSPS) is 26.8. The second kappa shape index (κ2) is 5.31. The van der Waals surface area contributed by atoms with Crippen molar-refractivity contribution in [3.63, 3.8) is 0 Å². The summed E-state index contributed by atoms with van der Waals surface area (Å²) in [6.45, 7) is 3.97. The van der Waals surface area contributed by atoms with Crippen LogP contribution in [0.15, 0.2) is 30.4 Å². The van der Waals surface area contributed by atoms with Crippen LogP contribution in [0.1, 0.15) is 31.7 Å². The van der Waals surface area contributed by atoms with Gasteiger partial charge in [-0.2, -0.15) is 0 Å². The molecule has 1 saturated carbocycles. The summed E-state index contributed by atoms with van der Waals surface area (Å²) in [5, 5.41) is 6.57. The lowest BCUT2D eigenvalue weighted by atomic mass is 9.71. The van der Waals surface area contributed by atoms with Crippen molar-refractivity contribution in [2.75, 3.05) is 10.6 Å². The number of amides is 1. The highest BCUT2D eigenvalue weighted by atomic mass is 16.1. The molecule has 1 aromatic carbocycles. The van der Waals surface area contributed by atoms with Crippen molar-refractivity contribution in [3.05, 3.63) is 35.9 Å². The van der Waals surface area contributed by atoms with Crippen molar-refractivity contribution in [2.45, 2.75) is 39.2 Å². The summed E-state index contributed by atoms with van der Waals surface area (Å²) in [6, 6.07) is 6.63. The fourth-order valence-electron chi connectivity index (χ4n) is 3.19. The van der Waals surface area contributed by atoms with Gasteiger partial charge in [-0.15, -0.1) is 0 Å². The highest BCUT2D eigenvalue weighted by molar-refractivity contribution is 5.91. The molecule has 106 valence electrons. The number of allylic oxidation sites excluding steroid dienone is 1. The van der Waals surface area contributed by atoms with Gasteiger partial charge in [0.2, 0.25) is 5.91 Å². The van der Waals surface area contributed by atoms with Crippen molar-refractivity contribution in [2.24, 2.45) is 11.8 Å². The molecule has 3 rings (SSSR count). The third kappa shape index (κ3) is 2.45. The maximum atomic E-state index is 11.5. The zero-order valence-electron chi connectivity index (χ0n) is 12.1. The van der Waals surface area contributed by atoms with E-state index in [-0.39, 0.29) is 5.91 Å². The van der Waals surface area contributed by atoms with Crippen molar-refractivity contribution in [1.29, 1.82) is 0 Å². The van der Waals surface area contributed by atoms with E-state index in [9.17, 15) is 4.79 Å². The predicted molar refractivity (Wildman–Crippen MR) is 82.9 cm³/mol. The number of rotatable bonds is 4. The van der Waals surface area contributed by atoms with Gasteiger partial charge in [-0.3, -0.25) is 4.79 Å². The summed E-state index contributed by atoms with van der Waals surface area (Å²) in [5.74, 6) is 1.61. The molecule has 0 radical (unpaired) electrons. The molecular weight excluding hydrogens is 248 g/mol. The molecule has 20 heavy (non-hydrogen) atoms. The first-order chi connectivity index (χ1) is 9.67. The topological polar surface area (TPSA) is 41.1 Å². The van der Waals surface area contributed by atoms with E-state index < -0.39 is 0 Å². The summed E-state index contributed by atoms with van der Waals surface area (Å²) in [5.41, 5.74) is 3.25. The Morgan fingerprint density at radius 3 is 3.00 bits per heavy atom. The molecule has 2 N–H and O–H groups in total. The first kappa shape index (κ1) is 13.2. The Morgan fingerprint density at radius 2 is 2.25 bits per heavy atom. The Balaban J connectivity index is 1.70. The van der Waals surface area contributed by atoms with Crippen LogP contribution in [0.5, 0.6) is 0 Å². The number of carbonyl (C=O) groups is 1. The monoisotopic (exact) mass is 270 g/mol. The minimum Gasteiger partial charge on any atom is -0.381 e. The third-order valence-corrected chi connectivity index (χ3v) is 4.55. The SMILES string of the molecule is CCC(=O)Nc1ccc(C)c(NC2CC3CC=CC32)c1. The van der Waals surface area contributed by atoms with Gasteiger partial charge in [0.15, 0.2) is 0 Å². The van der Waals surface area contributed by atoms with Gasteiger partial charge in [-0.25, -0.2) is 0 Å². The minimum absolute atomic E-state index is 0.0576. The van der Waals surface area contributed by atoms with E-state index in [0.717, 1.165) is 17.3 Å². The molecule has 1 amide bonds. The lowest BCUT2D eigenvalue weighted by molar-refractivity contribution is -0.115. The van der Waals surface area contributed by atoms with Crippen molar-refractivity contribution in [3.8, 4) is 0 Å². The van der Waals surface area contributed by atoms with Crippen LogP contribution in [-0.4, -0.2) is 11.9 Å². The van der Waals surface area contributed by atoms with Crippen LogP contribution in [0.3, 0.4) is 0 Å². The highest BCUT2D eigenvalue weighted by Gasteiger charge is 2.40. The molecular formula is C17H22N2O. The van der Waals surface area contributed by atoms with E-state index in [4.69, 9.17) is 0 Å². The van der Waals surface area contributed by atoms with Crippen molar-refractivity contribution >= 4 is 17.3 Å². The quantitative estimate of drug-likeness (QED) is 0.819. The number of nitrogens with one attached hydrogen (secondary N) is 2. The van der Waals surface area contributed by atoms with Gasteiger partial charge in [0.25, 0.3) is 0 Å². The molecule has 3 nitrogen and oxygen atoms in total. The molecule has 0 aromatic heterocycles. The predicted octanol–water partition coefficient (Wildman–Crippen LogP) is 3.72. The average molecular weight is 270 g/mol. The number of carbonyl (C=O) groups excluding carboxylic acids is 1. The molecule has 2 aliphatic carbocycles. The number of hydrogen-bond donors (Lipinski definition) is 2. The van der Waals surface area contributed by atoms with E-state index in [1.165, 1.54) is 18.4 Å². The van der Waals surface area contributed by atoms with Crippen molar-refractivity contribution in [1.82, 2.24) is 0 Å². The van der Waals surface area contributed by atoms with Crippen molar-refractivity contribution < 1.29 is 4.79 Å². The fraction of sp³-hybridized carbons (Fsp3) is 0.471. The molecule has 3 heteroatoms. The Labute approximate surface area is 120 Å². The summed E-state index contributed by atoms with van der Waals surface area (Å²) >= 11 is 0. The largest absolute Gasteiger partial charge is 0.381 e. The van der Waals surface area contributed by atoms with Crippen LogP contribution in [0.2, 0.25) is 0 Å². The molecule has 0 aliphatic heterocycles. The van der Waals surface area contributed by atoms with E-state index in [1.807, 2.05) is 13.0 Å². The Kier molecular flexibility index (Phi) is 3.51. The maximum Gasteiger partial charge on any atom is 0.224 e. The first-order valence-corrected chi connectivity index (χ1v) is 7.51. The summed E-state index contributed by atoms with van der Waals surface area (Å²) < 4.78 is 0. The number of aryl methyl sites for hydroxylation is 1. The fourth-order valence-corrected chi connectivity index (χ4v) is 3.19. The van der Waals surface area contributed by atoms with Gasteiger partial charge in [-0.1, -0.05) is 25.1 Å². The van der Waals surface area contributed by atoms with Crippen LogP contribution in [0.4, 0.5) is 11.4 Å². The Morgan fingerprint density at radius 1 is 1.40 bits per heavy atom. The van der Waals surface area contributed by atoms with E-state index in [0.29, 0.717) is 18.4 Å². The van der Waals surface area contributed by atoms with Crippen LogP contribution >= 0.6 is 0 Å². The molecule has 1 fully saturated rings. The smallest absolute Gasteiger partial charge is 0.224 e. The molecule has 0 saturated heterocycles. The van der Waals surface area contributed by atoms with Crippen LogP contribution in [-0.2, 0) is 4.79 Å². The van der Waals surface area contributed by atoms with Gasteiger partial charge < -0.3 is 10.6 Å². The number of hydrogen-bond acceptors (Lipinski definition) is 2. The maximum absolute atomic E-state index is 11.5. The summed E-state index contributed by atoms with van der Waals surface area (Å²) in [4.78, 5) is 11.5. The van der Waals surface area contributed by atoms with Gasteiger partial charge in [-0.05, 0) is 43.4 Å². The second-order valence-corrected chi connectivity index (χ2v) is 5.92. The minimum atomic E-state index is 0.0576. The van der Waals surface area contributed by atoms with Gasteiger partial charge in [0.05, 0.1) is 0 Å². The Hall–Kier alpha value is -1.77. The average Bonchev–Trinajstić information content (AvgIpc) is 2.80. The molecule has 0 heterocycles. The molecule has 3 atom stereocenters. The van der Waals surface area contributed by atoms with E-state index in [2.05, 4.69) is 41.8 Å². The number of fused-ring (bicyclic) bond motifs is 1. The summed E-state index contributed by atoms with van der Waals surface area (Å²) in [6.07, 6.45) is 7.66. The van der Waals surface area contributed by atoms with Gasteiger partial charge in [0, 0.05) is 29.8 Å². The molecule has 3 unspecified atom stereocenters. The molecule has 0 spiro atoms. The van der Waals surface area contributed by atoms with E-state index in [1.54, 1.807) is 0 Å². The number of anilines is 2. The zero-order chi connectivity index (χ0) is 14.1.